The van der Waals surface area contributed by atoms with E-state index in [4.69, 9.17) is 42.3 Å². The van der Waals surface area contributed by atoms with Crippen LogP contribution >= 0.6 is 0 Å². The summed E-state index contributed by atoms with van der Waals surface area (Å²) in [6, 6.07) is 0. The lowest BCUT2D eigenvalue weighted by Crippen LogP contribution is -2.27. The molecule has 13 nitrogen and oxygen atoms in total. The molecule has 0 aliphatic carbocycles. The molecule has 296 valence electrons. The third-order valence-electron chi connectivity index (χ3n) is 7.56. The summed E-state index contributed by atoms with van der Waals surface area (Å²) in [6.45, 7) is 7.25. The molecule has 0 fully saturated rings. The van der Waals surface area contributed by atoms with Crippen LogP contribution in [-0.2, 0) is 53.4 Å². The van der Waals surface area contributed by atoms with Crippen molar-refractivity contribution >= 4 is 20.2 Å². The maximum atomic E-state index is 11.0. The zero-order valence-corrected chi connectivity index (χ0v) is 32.2. The van der Waals surface area contributed by atoms with Crippen LogP contribution in [-0.4, -0.2) is 116 Å². The van der Waals surface area contributed by atoms with E-state index in [1.165, 1.54) is 77.0 Å². The molecule has 0 amide bonds. The summed E-state index contributed by atoms with van der Waals surface area (Å²) in [5.41, 5.74) is 0. The lowest BCUT2D eigenvalue weighted by Gasteiger charge is -2.19. The summed E-state index contributed by atoms with van der Waals surface area (Å²) in [5, 5.41) is 0. The smallest absolute Gasteiger partial charge is 0.264 e. The average molecular weight is 751 g/mol. The van der Waals surface area contributed by atoms with E-state index >= 15 is 0 Å². The monoisotopic (exact) mass is 750 g/mol. The molecule has 2 unspecified atom stereocenters. The van der Waals surface area contributed by atoms with Gasteiger partial charge in [0.25, 0.3) is 20.2 Å². The van der Waals surface area contributed by atoms with Gasteiger partial charge < -0.3 is 33.2 Å². The first-order valence-corrected chi connectivity index (χ1v) is 21.9. The minimum Gasteiger partial charge on any atom is -0.377 e. The van der Waals surface area contributed by atoms with Crippen LogP contribution in [0.5, 0.6) is 0 Å². The van der Waals surface area contributed by atoms with Gasteiger partial charge in [-0.05, 0) is 25.7 Å². The Morgan fingerprint density at radius 1 is 0.388 bits per heavy atom. The first kappa shape index (κ1) is 48.5. The van der Waals surface area contributed by atoms with Gasteiger partial charge in [0.1, 0.15) is 0 Å². The summed E-state index contributed by atoms with van der Waals surface area (Å²) in [4.78, 5) is 0. The van der Waals surface area contributed by atoms with Gasteiger partial charge in [-0.15, -0.1) is 0 Å². The lowest BCUT2D eigenvalue weighted by molar-refractivity contribution is -0.178. The Balaban J connectivity index is 4.25. The van der Waals surface area contributed by atoms with Gasteiger partial charge in [-0.3, -0.25) is 9.11 Å². The van der Waals surface area contributed by atoms with E-state index in [0.29, 0.717) is 39.6 Å². The molecule has 0 saturated heterocycles. The molecule has 0 saturated carbocycles. The molecule has 0 aromatic carbocycles. The second-order valence-corrected chi connectivity index (χ2v) is 15.5. The molecule has 0 aliphatic rings. The van der Waals surface area contributed by atoms with Gasteiger partial charge >= 0.3 is 0 Å². The lowest BCUT2D eigenvalue weighted by atomic mass is 10.1. The molecule has 0 rings (SSSR count). The molecule has 0 bridgehead atoms. The van der Waals surface area contributed by atoms with Crippen molar-refractivity contribution in [3.8, 4) is 0 Å². The van der Waals surface area contributed by atoms with Crippen molar-refractivity contribution in [3.05, 3.63) is 0 Å². The Kier molecular flexibility index (Phi) is 34.3. The molecule has 0 radical (unpaired) electrons. The fourth-order valence-electron chi connectivity index (χ4n) is 4.80. The highest BCUT2D eigenvalue weighted by Crippen LogP contribution is 2.11. The molecular formula is C34H70O13S2. The molecule has 15 heteroatoms. The summed E-state index contributed by atoms with van der Waals surface area (Å²) < 4.78 is 102. The van der Waals surface area contributed by atoms with Crippen LogP contribution in [0.25, 0.3) is 0 Å². The fraction of sp³-hybridized carbons (Fsp3) is 1.00. The highest BCUT2D eigenvalue weighted by atomic mass is 32.2. The van der Waals surface area contributed by atoms with Crippen LogP contribution in [0.2, 0.25) is 0 Å². The van der Waals surface area contributed by atoms with Gasteiger partial charge in [-0.25, -0.2) is 0 Å². The number of hydrogen-bond donors (Lipinski definition) is 2. The molecule has 2 N–H and O–H groups in total. The molecule has 2 atom stereocenters. The normalized spacial score (nSPS) is 13.6. The predicted molar refractivity (Wildman–Crippen MR) is 191 cm³/mol. The molecular weight excluding hydrogens is 680 g/mol. The fourth-order valence-corrected chi connectivity index (χ4v) is 5.76. The standard InChI is InChI=1S/C34H70O13S2/c1-3-5-7-9-11-13-15-17-21-44-33(46-23-19-29-48(35,36)37)31-42-27-25-41-26-28-43-32-34(47-24-20-30-49(38,39)40)45-22-18-16-14-12-10-8-6-4-2/h33-34H,3-32H2,1-2H3,(H,35,36,37)(H,38,39,40). The van der Waals surface area contributed by atoms with Crippen LogP contribution in [0.4, 0.5) is 0 Å². The second-order valence-electron chi connectivity index (χ2n) is 12.3. The van der Waals surface area contributed by atoms with Crippen molar-refractivity contribution in [3.63, 3.8) is 0 Å². The van der Waals surface area contributed by atoms with Crippen LogP contribution in [0, 0.1) is 0 Å². The second kappa shape index (κ2) is 34.6. The molecule has 49 heavy (non-hydrogen) atoms. The molecule has 0 heterocycles. The summed E-state index contributed by atoms with van der Waals surface area (Å²) >= 11 is 0. The van der Waals surface area contributed by atoms with Gasteiger partial charge in [0.05, 0.1) is 64.4 Å². The maximum Gasteiger partial charge on any atom is 0.264 e. The van der Waals surface area contributed by atoms with Gasteiger partial charge in [-0.2, -0.15) is 16.8 Å². The summed E-state index contributed by atoms with van der Waals surface area (Å²) in [5.74, 6) is -0.748. The summed E-state index contributed by atoms with van der Waals surface area (Å²) in [6.07, 6.45) is 17.9. The first-order chi connectivity index (χ1) is 23.6. The van der Waals surface area contributed by atoms with Gasteiger partial charge in [0.2, 0.25) is 0 Å². The van der Waals surface area contributed by atoms with Crippen LogP contribution < -0.4 is 0 Å². The van der Waals surface area contributed by atoms with E-state index < -0.39 is 32.8 Å². The zero-order chi connectivity index (χ0) is 36.3. The minimum absolute atomic E-state index is 0.118. The topological polar surface area (TPSA) is 173 Å². The van der Waals surface area contributed by atoms with E-state index in [1.807, 2.05) is 0 Å². The van der Waals surface area contributed by atoms with Crippen LogP contribution in [0.3, 0.4) is 0 Å². The average Bonchev–Trinajstić information content (AvgIpc) is 3.04. The number of rotatable bonds is 40. The minimum atomic E-state index is -4.04. The third-order valence-corrected chi connectivity index (χ3v) is 9.17. The Labute approximate surface area is 298 Å². The van der Waals surface area contributed by atoms with Crippen molar-refractivity contribution in [2.45, 2.75) is 142 Å². The molecule has 0 aliphatic heterocycles. The van der Waals surface area contributed by atoms with Crippen molar-refractivity contribution in [2.24, 2.45) is 0 Å². The zero-order valence-electron chi connectivity index (χ0n) is 30.6. The van der Waals surface area contributed by atoms with Crippen LogP contribution in [0.1, 0.15) is 129 Å². The van der Waals surface area contributed by atoms with Gasteiger partial charge in [-0.1, -0.05) is 104 Å². The summed E-state index contributed by atoms with van der Waals surface area (Å²) in [7, 11) is -8.08. The number of unbranched alkanes of at least 4 members (excludes halogenated alkanes) is 14. The first-order valence-electron chi connectivity index (χ1n) is 18.7. The van der Waals surface area contributed by atoms with E-state index in [-0.39, 0.29) is 50.8 Å². The number of ether oxygens (including phenoxy) is 7. The highest BCUT2D eigenvalue weighted by Gasteiger charge is 2.13. The predicted octanol–water partition coefficient (Wildman–Crippen LogP) is 6.59. The molecule has 0 spiro atoms. The Bertz CT molecular complexity index is 832. The van der Waals surface area contributed by atoms with Crippen molar-refractivity contribution < 1.29 is 59.1 Å². The Morgan fingerprint density at radius 2 is 0.673 bits per heavy atom. The quantitative estimate of drug-likeness (QED) is 0.0390. The SMILES string of the molecule is CCCCCCCCCCOC(COCCOCCOCC(OCCCCCCCCCC)OCCCS(=O)(=O)O)OCCCS(=O)(=O)O. The van der Waals surface area contributed by atoms with E-state index in [9.17, 15) is 16.8 Å². The third kappa shape index (κ3) is 40.2. The van der Waals surface area contributed by atoms with Crippen molar-refractivity contribution in [1.29, 1.82) is 0 Å². The van der Waals surface area contributed by atoms with Gasteiger partial charge in [0.15, 0.2) is 12.6 Å². The van der Waals surface area contributed by atoms with E-state index in [1.54, 1.807) is 0 Å². The van der Waals surface area contributed by atoms with Crippen LogP contribution in [0.15, 0.2) is 0 Å². The Morgan fingerprint density at radius 3 is 1.00 bits per heavy atom. The van der Waals surface area contributed by atoms with Crippen molar-refractivity contribution in [1.82, 2.24) is 0 Å². The van der Waals surface area contributed by atoms with E-state index in [2.05, 4.69) is 13.8 Å². The van der Waals surface area contributed by atoms with Crippen molar-refractivity contribution in [2.75, 3.05) is 77.6 Å². The van der Waals surface area contributed by atoms with Gasteiger partial charge in [0, 0.05) is 13.2 Å². The maximum absolute atomic E-state index is 11.0. The number of hydrogen-bond acceptors (Lipinski definition) is 11. The highest BCUT2D eigenvalue weighted by molar-refractivity contribution is 7.86. The Hall–Kier alpha value is -0.460. The molecule has 0 aromatic rings. The largest absolute Gasteiger partial charge is 0.377 e. The van der Waals surface area contributed by atoms with E-state index in [0.717, 1.165) is 25.7 Å². The molecule has 0 aromatic heterocycles.